The molecule has 1 aliphatic rings. The lowest BCUT2D eigenvalue weighted by Gasteiger charge is -2.36. The Kier molecular flexibility index (Phi) is 5.81. The second kappa shape index (κ2) is 6.29. The van der Waals surface area contributed by atoms with Crippen LogP contribution in [-0.2, 0) is 9.59 Å². The van der Waals surface area contributed by atoms with E-state index in [4.69, 9.17) is 15.6 Å². The summed E-state index contributed by atoms with van der Waals surface area (Å²) in [6.45, 7) is -1.30. The van der Waals surface area contributed by atoms with Gasteiger partial charge in [0.25, 0.3) is 0 Å². The van der Waals surface area contributed by atoms with E-state index in [9.17, 15) is 31.1 Å². The van der Waals surface area contributed by atoms with Crippen LogP contribution in [0.15, 0.2) is 0 Å². The monoisotopic (exact) mass is 310 g/mol. The molecular weight excluding hydrogens is 298 g/mol. The number of nitrogens with two attached hydrogens (primary N) is 1. The molecule has 0 spiro atoms. The van der Waals surface area contributed by atoms with Crippen molar-refractivity contribution in [2.75, 3.05) is 6.54 Å². The zero-order valence-corrected chi connectivity index (χ0v) is 9.94. The number of hydrogen-bond acceptors (Lipinski definition) is 3. The van der Waals surface area contributed by atoms with Crippen LogP contribution in [0.4, 0.5) is 26.3 Å². The molecule has 1 rings (SSSR count). The van der Waals surface area contributed by atoms with E-state index in [2.05, 4.69) is 0 Å². The number of carboxylic acid groups (broad SMARTS) is 1. The Hall–Kier alpha value is -1.52. The lowest BCUT2D eigenvalue weighted by molar-refractivity contribution is -0.192. The smallest absolute Gasteiger partial charge is 0.475 e. The lowest BCUT2D eigenvalue weighted by atomic mass is 9.77. The summed E-state index contributed by atoms with van der Waals surface area (Å²) in [5, 5.41) is 8.90. The molecule has 0 aromatic rings. The van der Waals surface area contributed by atoms with Gasteiger partial charge >= 0.3 is 18.3 Å². The molecule has 0 bridgehead atoms. The SMILES string of the molecule is NC1(C(=O)NCC(F)(F)F)CCC1.O=C(O)C(F)(F)F. The summed E-state index contributed by atoms with van der Waals surface area (Å²) >= 11 is 0. The van der Waals surface area contributed by atoms with Crippen molar-refractivity contribution in [1.29, 1.82) is 0 Å². The molecule has 0 radical (unpaired) electrons. The molecule has 1 aliphatic carbocycles. The van der Waals surface area contributed by atoms with Crippen molar-refractivity contribution >= 4 is 11.9 Å². The molecule has 0 aromatic heterocycles. The summed E-state index contributed by atoms with van der Waals surface area (Å²) in [6.07, 6.45) is -7.71. The number of hydrogen-bond donors (Lipinski definition) is 3. The first-order valence-corrected chi connectivity index (χ1v) is 5.22. The lowest BCUT2D eigenvalue weighted by Crippen LogP contribution is -2.59. The summed E-state index contributed by atoms with van der Waals surface area (Å²) in [7, 11) is 0. The number of nitrogens with one attached hydrogen (secondary N) is 1. The van der Waals surface area contributed by atoms with E-state index in [-0.39, 0.29) is 0 Å². The maximum absolute atomic E-state index is 11.7. The molecule has 1 amide bonds. The maximum Gasteiger partial charge on any atom is 0.490 e. The van der Waals surface area contributed by atoms with Crippen LogP contribution in [-0.4, -0.2) is 41.4 Å². The summed E-state index contributed by atoms with van der Waals surface area (Å²) in [5.41, 5.74) is 4.45. The molecule has 0 aromatic carbocycles. The second-order valence-corrected chi connectivity index (χ2v) is 4.11. The molecule has 11 heteroatoms. The molecule has 5 nitrogen and oxygen atoms in total. The molecule has 1 saturated carbocycles. The average Bonchev–Trinajstić information content (AvgIpc) is 2.21. The summed E-state index contributed by atoms with van der Waals surface area (Å²) in [5.74, 6) is -3.46. The van der Waals surface area contributed by atoms with Gasteiger partial charge < -0.3 is 16.2 Å². The molecule has 1 fully saturated rings. The number of rotatable bonds is 2. The third kappa shape index (κ3) is 6.59. The van der Waals surface area contributed by atoms with Crippen molar-refractivity contribution in [3.63, 3.8) is 0 Å². The van der Waals surface area contributed by atoms with Crippen LogP contribution in [0.3, 0.4) is 0 Å². The molecule has 4 N–H and O–H groups in total. The zero-order valence-electron chi connectivity index (χ0n) is 9.94. The molecule has 0 unspecified atom stereocenters. The van der Waals surface area contributed by atoms with Crippen LogP contribution in [0.5, 0.6) is 0 Å². The fourth-order valence-corrected chi connectivity index (χ4v) is 1.14. The van der Waals surface area contributed by atoms with Gasteiger partial charge in [0.2, 0.25) is 5.91 Å². The van der Waals surface area contributed by atoms with Crippen molar-refractivity contribution < 1.29 is 41.0 Å². The van der Waals surface area contributed by atoms with Gasteiger partial charge in [-0.1, -0.05) is 0 Å². The Labute approximate surface area is 109 Å². The van der Waals surface area contributed by atoms with Crippen LogP contribution in [0, 0.1) is 0 Å². The predicted octanol–water partition coefficient (Wildman–Crippen LogP) is 1.18. The highest BCUT2D eigenvalue weighted by Gasteiger charge is 2.41. The molecule has 118 valence electrons. The Morgan fingerprint density at radius 1 is 1.15 bits per heavy atom. The first-order valence-electron chi connectivity index (χ1n) is 5.22. The van der Waals surface area contributed by atoms with Gasteiger partial charge in [0.15, 0.2) is 0 Å². The molecule has 0 atom stereocenters. The van der Waals surface area contributed by atoms with Gasteiger partial charge in [-0.05, 0) is 19.3 Å². The molecule has 0 aliphatic heterocycles. The number of carbonyl (C=O) groups excluding carboxylic acids is 1. The Morgan fingerprint density at radius 3 is 1.75 bits per heavy atom. The van der Waals surface area contributed by atoms with E-state index < -0.39 is 36.3 Å². The minimum Gasteiger partial charge on any atom is -0.475 e. The van der Waals surface area contributed by atoms with Gasteiger partial charge in [-0.3, -0.25) is 4.79 Å². The Morgan fingerprint density at radius 2 is 1.55 bits per heavy atom. The minimum atomic E-state index is -5.08. The maximum atomic E-state index is 11.7. The van der Waals surface area contributed by atoms with E-state index >= 15 is 0 Å². The number of carboxylic acids is 1. The van der Waals surface area contributed by atoms with Gasteiger partial charge in [0.05, 0.1) is 5.54 Å². The van der Waals surface area contributed by atoms with Crippen LogP contribution < -0.4 is 11.1 Å². The van der Waals surface area contributed by atoms with E-state index in [0.29, 0.717) is 12.8 Å². The third-order valence-electron chi connectivity index (χ3n) is 2.39. The number of alkyl halides is 6. The van der Waals surface area contributed by atoms with Gasteiger partial charge in [-0.2, -0.15) is 26.3 Å². The normalized spacial score (nSPS) is 17.4. The van der Waals surface area contributed by atoms with Crippen molar-refractivity contribution in [1.82, 2.24) is 5.32 Å². The number of carbonyl (C=O) groups is 2. The zero-order chi connectivity index (χ0) is 16.2. The predicted molar refractivity (Wildman–Crippen MR) is 53.5 cm³/mol. The van der Waals surface area contributed by atoms with Gasteiger partial charge in [0.1, 0.15) is 6.54 Å². The highest BCUT2D eigenvalue weighted by atomic mass is 19.4. The van der Waals surface area contributed by atoms with Crippen molar-refractivity contribution in [2.45, 2.75) is 37.2 Å². The Balaban J connectivity index is 0.000000441. The highest BCUT2D eigenvalue weighted by molar-refractivity contribution is 5.87. The molecule has 0 heterocycles. The largest absolute Gasteiger partial charge is 0.490 e. The van der Waals surface area contributed by atoms with Gasteiger partial charge in [-0.15, -0.1) is 0 Å². The average molecular weight is 310 g/mol. The first kappa shape index (κ1) is 18.5. The quantitative estimate of drug-likeness (QED) is 0.668. The third-order valence-corrected chi connectivity index (χ3v) is 2.39. The highest BCUT2D eigenvalue weighted by Crippen LogP contribution is 2.29. The summed E-state index contributed by atoms with van der Waals surface area (Å²) in [6, 6.07) is 0. The molecular formula is C9H12F6N2O3. The summed E-state index contributed by atoms with van der Waals surface area (Å²) < 4.78 is 66.7. The second-order valence-electron chi connectivity index (χ2n) is 4.11. The van der Waals surface area contributed by atoms with Crippen LogP contribution >= 0.6 is 0 Å². The van der Waals surface area contributed by atoms with E-state index in [1.54, 1.807) is 5.32 Å². The molecule has 20 heavy (non-hydrogen) atoms. The standard InChI is InChI=1S/C7H11F3N2O.C2HF3O2/c8-7(9,10)4-12-5(13)6(11)2-1-3-6;3-2(4,5)1(6)7/h1-4,11H2,(H,12,13);(H,6,7). The van der Waals surface area contributed by atoms with Gasteiger partial charge in [-0.25, -0.2) is 4.79 Å². The Bertz CT molecular complexity index is 362. The van der Waals surface area contributed by atoms with Crippen LogP contribution in [0.1, 0.15) is 19.3 Å². The minimum absolute atomic E-state index is 0.469. The van der Waals surface area contributed by atoms with E-state index in [0.717, 1.165) is 6.42 Å². The van der Waals surface area contributed by atoms with Crippen LogP contribution in [0.25, 0.3) is 0 Å². The number of aliphatic carboxylic acids is 1. The number of amides is 1. The van der Waals surface area contributed by atoms with Crippen molar-refractivity contribution in [3.05, 3.63) is 0 Å². The molecule has 0 saturated heterocycles. The van der Waals surface area contributed by atoms with Gasteiger partial charge in [0, 0.05) is 0 Å². The topological polar surface area (TPSA) is 92.4 Å². The first-order chi connectivity index (χ1) is 8.78. The van der Waals surface area contributed by atoms with E-state index in [1.165, 1.54) is 0 Å². The van der Waals surface area contributed by atoms with E-state index in [1.807, 2.05) is 0 Å². The van der Waals surface area contributed by atoms with Crippen molar-refractivity contribution in [2.24, 2.45) is 5.73 Å². The van der Waals surface area contributed by atoms with Crippen molar-refractivity contribution in [3.8, 4) is 0 Å². The fraction of sp³-hybridized carbons (Fsp3) is 0.778. The fourth-order valence-electron chi connectivity index (χ4n) is 1.14. The van der Waals surface area contributed by atoms with Crippen LogP contribution in [0.2, 0.25) is 0 Å². The summed E-state index contributed by atoms with van der Waals surface area (Å²) in [4.78, 5) is 20.0. The number of halogens is 6.